The summed E-state index contributed by atoms with van der Waals surface area (Å²) in [6.07, 6.45) is 1.48. The highest BCUT2D eigenvalue weighted by molar-refractivity contribution is 5.28. The lowest BCUT2D eigenvalue weighted by molar-refractivity contribution is 0.242. The first-order chi connectivity index (χ1) is 8.63. The Kier molecular flexibility index (Phi) is 4.61. The molecule has 0 spiro atoms. The molecule has 1 heterocycles. The van der Waals surface area contributed by atoms with E-state index in [1.54, 1.807) is 0 Å². The van der Waals surface area contributed by atoms with Crippen molar-refractivity contribution in [1.29, 1.82) is 0 Å². The molecule has 3 heteroatoms. The van der Waals surface area contributed by atoms with Crippen LogP contribution in [-0.4, -0.2) is 37.2 Å². The highest BCUT2D eigenvalue weighted by Crippen LogP contribution is 2.15. The van der Waals surface area contributed by atoms with Gasteiger partial charge >= 0.3 is 0 Å². The molecule has 0 radical (unpaired) electrons. The van der Waals surface area contributed by atoms with Crippen LogP contribution in [0.2, 0.25) is 0 Å². The molecule has 0 saturated carbocycles. The lowest BCUT2D eigenvalue weighted by Crippen LogP contribution is -2.30. The highest BCUT2D eigenvalue weighted by Gasteiger charge is 2.18. The molecule has 2 rings (SSSR count). The lowest BCUT2D eigenvalue weighted by Gasteiger charge is -2.14. The molecule has 1 aliphatic rings. The maximum atomic E-state index is 5.71. The lowest BCUT2D eigenvalue weighted by atomic mass is 10.2. The van der Waals surface area contributed by atoms with Crippen molar-refractivity contribution >= 4 is 0 Å². The van der Waals surface area contributed by atoms with Gasteiger partial charge in [0.1, 0.15) is 5.75 Å². The second kappa shape index (κ2) is 6.21. The molecule has 1 N–H and O–H groups in total. The van der Waals surface area contributed by atoms with Gasteiger partial charge in [0, 0.05) is 19.1 Å². The summed E-state index contributed by atoms with van der Waals surface area (Å²) in [5.74, 6) is 0.966. The third-order valence-electron chi connectivity index (χ3n) is 3.26. The first-order valence-electron chi connectivity index (χ1n) is 6.81. The van der Waals surface area contributed by atoms with Gasteiger partial charge in [0.2, 0.25) is 0 Å². The molecule has 100 valence electrons. The van der Waals surface area contributed by atoms with Gasteiger partial charge in [-0.15, -0.1) is 0 Å². The van der Waals surface area contributed by atoms with Crippen molar-refractivity contribution < 1.29 is 4.74 Å². The van der Waals surface area contributed by atoms with Crippen LogP contribution in [0.25, 0.3) is 0 Å². The number of hydrogen-bond donors (Lipinski definition) is 1. The normalized spacial score (nSPS) is 20.6. The molecule has 0 aliphatic carbocycles. The Morgan fingerprint density at radius 2 is 2.28 bits per heavy atom. The van der Waals surface area contributed by atoms with Crippen molar-refractivity contribution in [2.45, 2.75) is 39.0 Å². The Hall–Kier alpha value is -1.06. The van der Waals surface area contributed by atoms with E-state index in [-0.39, 0.29) is 6.10 Å². The first kappa shape index (κ1) is 13.4. The summed E-state index contributed by atoms with van der Waals surface area (Å²) in [5, 5.41) is 3.61. The molecule has 1 aliphatic heterocycles. The van der Waals surface area contributed by atoms with E-state index >= 15 is 0 Å². The van der Waals surface area contributed by atoms with Crippen LogP contribution in [0.4, 0.5) is 0 Å². The van der Waals surface area contributed by atoms with Gasteiger partial charge in [-0.05, 0) is 51.6 Å². The van der Waals surface area contributed by atoms with Gasteiger partial charge in [0.05, 0.1) is 6.10 Å². The van der Waals surface area contributed by atoms with Crippen LogP contribution in [0.5, 0.6) is 5.75 Å². The summed E-state index contributed by atoms with van der Waals surface area (Å²) in [6, 6.07) is 9.00. The number of nitrogens with zero attached hydrogens (tertiary/aromatic N) is 1. The molecular formula is C15H24N2O. The largest absolute Gasteiger partial charge is 0.491 e. The molecule has 1 unspecified atom stereocenters. The predicted molar refractivity (Wildman–Crippen MR) is 74.9 cm³/mol. The summed E-state index contributed by atoms with van der Waals surface area (Å²) >= 11 is 0. The van der Waals surface area contributed by atoms with Crippen molar-refractivity contribution in [3.05, 3.63) is 29.8 Å². The zero-order chi connectivity index (χ0) is 13.0. The van der Waals surface area contributed by atoms with Crippen molar-refractivity contribution in [1.82, 2.24) is 10.2 Å². The van der Waals surface area contributed by atoms with Crippen LogP contribution in [0, 0.1) is 0 Å². The second-order valence-electron chi connectivity index (χ2n) is 5.44. The van der Waals surface area contributed by atoms with E-state index in [2.05, 4.69) is 49.3 Å². The summed E-state index contributed by atoms with van der Waals surface area (Å²) in [5.41, 5.74) is 1.29. The maximum Gasteiger partial charge on any atom is 0.120 e. The van der Waals surface area contributed by atoms with Gasteiger partial charge in [0.15, 0.2) is 0 Å². The number of likely N-dealkylation sites (tertiary alicyclic amines) is 1. The number of likely N-dealkylation sites (N-methyl/N-ethyl adjacent to an activating group) is 1. The zero-order valence-corrected chi connectivity index (χ0v) is 11.6. The molecule has 0 bridgehead atoms. The molecule has 1 aromatic rings. The van der Waals surface area contributed by atoms with Crippen LogP contribution >= 0.6 is 0 Å². The summed E-state index contributed by atoms with van der Waals surface area (Å²) in [4.78, 5) is 2.37. The quantitative estimate of drug-likeness (QED) is 0.865. The minimum absolute atomic E-state index is 0.233. The maximum absolute atomic E-state index is 5.71. The van der Waals surface area contributed by atoms with E-state index in [9.17, 15) is 0 Å². The van der Waals surface area contributed by atoms with Gasteiger partial charge < -0.3 is 15.0 Å². The van der Waals surface area contributed by atoms with Crippen LogP contribution in [0.3, 0.4) is 0 Å². The predicted octanol–water partition coefficient (Wildman–Crippen LogP) is 2.27. The molecule has 1 aromatic carbocycles. The number of ether oxygens (including phenoxy) is 1. The molecular weight excluding hydrogens is 224 g/mol. The van der Waals surface area contributed by atoms with Crippen molar-refractivity contribution in [2.75, 3.05) is 20.1 Å². The Labute approximate surface area is 110 Å². The van der Waals surface area contributed by atoms with Crippen LogP contribution in [-0.2, 0) is 6.54 Å². The summed E-state index contributed by atoms with van der Waals surface area (Å²) in [6.45, 7) is 7.39. The molecule has 1 atom stereocenters. The standard InChI is InChI=1S/C15H24N2O/c1-12(2)18-15-6-4-5-13(9-15)10-16-14-7-8-17(3)11-14/h4-6,9,12,14,16H,7-8,10-11H2,1-3H3. The van der Waals surface area contributed by atoms with Crippen LogP contribution in [0.1, 0.15) is 25.8 Å². The van der Waals surface area contributed by atoms with Gasteiger partial charge in [0.25, 0.3) is 0 Å². The Bertz CT molecular complexity index is 379. The molecule has 1 fully saturated rings. The molecule has 1 saturated heterocycles. The van der Waals surface area contributed by atoms with E-state index < -0.39 is 0 Å². The fourth-order valence-electron chi connectivity index (χ4n) is 2.36. The number of nitrogens with one attached hydrogen (secondary N) is 1. The number of hydrogen-bond acceptors (Lipinski definition) is 3. The number of rotatable bonds is 5. The summed E-state index contributed by atoms with van der Waals surface area (Å²) in [7, 11) is 2.18. The Balaban J connectivity index is 1.85. The molecule has 18 heavy (non-hydrogen) atoms. The Morgan fingerprint density at radius 1 is 1.44 bits per heavy atom. The Morgan fingerprint density at radius 3 is 2.94 bits per heavy atom. The third-order valence-corrected chi connectivity index (χ3v) is 3.26. The third kappa shape index (κ3) is 4.00. The minimum Gasteiger partial charge on any atom is -0.491 e. The van der Waals surface area contributed by atoms with E-state index in [1.165, 1.54) is 18.5 Å². The van der Waals surface area contributed by atoms with Gasteiger partial charge in [-0.2, -0.15) is 0 Å². The molecule has 3 nitrogen and oxygen atoms in total. The van der Waals surface area contributed by atoms with Crippen molar-refractivity contribution in [2.24, 2.45) is 0 Å². The van der Waals surface area contributed by atoms with E-state index in [4.69, 9.17) is 4.74 Å². The monoisotopic (exact) mass is 248 g/mol. The van der Waals surface area contributed by atoms with Gasteiger partial charge in [-0.25, -0.2) is 0 Å². The minimum atomic E-state index is 0.233. The van der Waals surface area contributed by atoms with E-state index in [0.29, 0.717) is 6.04 Å². The smallest absolute Gasteiger partial charge is 0.120 e. The van der Waals surface area contributed by atoms with Crippen molar-refractivity contribution in [3.63, 3.8) is 0 Å². The number of benzene rings is 1. The SMILES string of the molecule is CC(C)Oc1cccc(CNC2CCN(C)C2)c1. The zero-order valence-electron chi connectivity index (χ0n) is 11.6. The topological polar surface area (TPSA) is 24.5 Å². The van der Waals surface area contributed by atoms with Gasteiger partial charge in [-0.3, -0.25) is 0 Å². The van der Waals surface area contributed by atoms with Crippen LogP contribution in [0.15, 0.2) is 24.3 Å². The fraction of sp³-hybridized carbons (Fsp3) is 0.600. The molecule has 0 amide bonds. The summed E-state index contributed by atoms with van der Waals surface area (Å²) < 4.78 is 5.71. The first-order valence-corrected chi connectivity index (χ1v) is 6.81. The second-order valence-corrected chi connectivity index (χ2v) is 5.44. The molecule has 0 aromatic heterocycles. The fourth-order valence-corrected chi connectivity index (χ4v) is 2.36. The average Bonchev–Trinajstić information content (AvgIpc) is 2.72. The highest BCUT2D eigenvalue weighted by atomic mass is 16.5. The van der Waals surface area contributed by atoms with E-state index in [1.807, 2.05) is 6.07 Å². The van der Waals surface area contributed by atoms with Gasteiger partial charge in [-0.1, -0.05) is 12.1 Å². The van der Waals surface area contributed by atoms with Crippen molar-refractivity contribution in [3.8, 4) is 5.75 Å². The van der Waals surface area contributed by atoms with Crippen LogP contribution < -0.4 is 10.1 Å². The van der Waals surface area contributed by atoms with E-state index in [0.717, 1.165) is 18.8 Å². The average molecular weight is 248 g/mol.